The highest BCUT2D eigenvalue weighted by atomic mass is 35.5. The predicted molar refractivity (Wildman–Crippen MR) is 128 cm³/mol. The molecule has 33 heavy (non-hydrogen) atoms. The largest absolute Gasteiger partial charge is 0.320 e. The summed E-state index contributed by atoms with van der Waals surface area (Å²) in [7, 11) is 0. The van der Waals surface area contributed by atoms with E-state index in [0.29, 0.717) is 33.4 Å². The van der Waals surface area contributed by atoms with Gasteiger partial charge in [0, 0.05) is 24.2 Å². The zero-order chi connectivity index (χ0) is 22.8. The minimum absolute atomic E-state index is 0.280. The summed E-state index contributed by atoms with van der Waals surface area (Å²) in [6.45, 7) is 0.470. The van der Waals surface area contributed by atoms with Gasteiger partial charge in [-0.1, -0.05) is 23.7 Å². The third kappa shape index (κ3) is 4.64. The van der Waals surface area contributed by atoms with Gasteiger partial charge in [-0.2, -0.15) is 5.10 Å². The number of anilines is 2. The fourth-order valence-corrected chi connectivity index (χ4v) is 4.08. The molecule has 4 aromatic heterocycles. The third-order valence-corrected chi connectivity index (χ3v) is 6.05. The van der Waals surface area contributed by atoms with Gasteiger partial charge in [0.25, 0.3) is 11.8 Å². The number of nitrogens with zero attached hydrogens (tertiary/aromatic N) is 4. The minimum Gasteiger partial charge on any atom is -0.320 e. The second-order valence-corrected chi connectivity index (χ2v) is 8.56. The number of carbonyl (C=O) groups is 2. The molecule has 0 fully saturated rings. The van der Waals surface area contributed by atoms with Gasteiger partial charge in [-0.3, -0.25) is 14.3 Å². The molecule has 5 aromatic rings. The molecule has 2 N–H and O–H groups in total. The number of thiophene rings is 1. The van der Waals surface area contributed by atoms with E-state index in [9.17, 15) is 9.59 Å². The maximum Gasteiger partial charge on any atom is 0.265 e. The van der Waals surface area contributed by atoms with E-state index in [-0.39, 0.29) is 11.8 Å². The van der Waals surface area contributed by atoms with Crippen LogP contribution in [0.4, 0.5) is 11.4 Å². The van der Waals surface area contributed by atoms with Crippen LogP contribution in [0.15, 0.2) is 78.7 Å². The Morgan fingerprint density at radius 2 is 1.94 bits per heavy atom. The van der Waals surface area contributed by atoms with Crippen molar-refractivity contribution >= 4 is 51.8 Å². The molecule has 0 saturated heterocycles. The first kappa shape index (κ1) is 20.9. The van der Waals surface area contributed by atoms with Crippen molar-refractivity contribution < 1.29 is 9.59 Å². The van der Waals surface area contributed by atoms with Crippen LogP contribution in [-0.2, 0) is 6.54 Å². The lowest BCUT2D eigenvalue weighted by atomic mass is 10.2. The standard InChI is InChI=1S/C23H17ClN6O2S/c24-18-7-6-15(10-19(18)28-23(32)20-4-3-9-33-20)22(31)27-16-11-25-30(13-16)14-17-12-29-8-2-1-5-21(29)26-17/h1-13H,14H2,(H,27,31)(H,28,32). The Labute approximate surface area is 197 Å². The van der Waals surface area contributed by atoms with Gasteiger partial charge in [0.05, 0.1) is 39.7 Å². The van der Waals surface area contributed by atoms with Gasteiger partial charge in [0.15, 0.2) is 0 Å². The van der Waals surface area contributed by atoms with Gasteiger partial charge in [-0.05, 0) is 41.8 Å². The van der Waals surface area contributed by atoms with Gasteiger partial charge >= 0.3 is 0 Å². The summed E-state index contributed by atoms with van der Waals surface area (Å²) in [6.07, 6.45) is 7.18. The second kappa shape index (κ2) is 8.89. The molecule has 164 valence electrons. The zero-order valence-corrected chi connectivity index (χ0v) is 18.7. The van der Waals surface area contributed by atoms with Crippen LogP contribution in [0.2, 0.25) is 5.02 Å². The molecule has 0 spiro atoms. The number of rotatable bonds is 6. The molecule has 10 heteroatoms. The summed E-state index contributed by atoms with van der Waals surface area (Å²) in [4.78, 5) is 30.2. The van der Waals surface area contributed by atoms with E-state index in [4.69, 9.17) is 11.6 Å². The van der Waals surface area contributed by atoms with Crippen LogP contribution in [0.5, 0.6) is 0 Å². The Balaban J connectivity index is 1.27. The Bertz CT molecular complexity index is 1420. The molecule has 0 radical (unpaired) electrons. The van der Waals surface area contributed by atoms with Crippen molar-refractivity contribution in [2.45, 2.75) is 6.54 Å². The van der Waals surface area contributed by atoms with Crippen LogP contribution in [0.3, 0.4) is 0 Å². The molecule has 0 aliphatic heterocycles. The normalized spacial score (nSPS) is 10.9. The smallest absolute Gasteiger partial charge is 0.265 e. The first-order valence-electron chi connectivity index (χ1n) is 9.96. The van der Waals surface area contributed by atoms with Crippen LogP contribution in [0.1, 0.15) is 25.7 Å². The highest BCUT2D eigenvalue weighted by Crippen LogP contribution is 2.25. The van der Waals surface area contributed by atoms with E-state index in [1.54, 1.807) is 47.4 Å². The van der Waals surface area contributed by atoms with Crippen LogP contribution in [-0.4, -0.2) is 31.0 Å². The van der Waals surface area contributed by atoms with E-state index in [1.165, 1.54) is 11.3 Å². The van der Waals surface area contributed by atoms with Gasteiger partial charge in [0.1, 0.15) is 5.65 Å². The SMILES string of the molecule is O=C(Nc1cnn(Cc2cn3ccccc3n2)c1)c1ccc(Cl)c(NC(=O)c2cccs2)c1. The molecule has 1 aromatic carbocycles. The maximum absolute atomic E-state index is 12.8. The molecular formula is C23H17ClN6O2S. The zero-order valence-electron chi connectivity index (χ0n) is 17.1. The van der Waals surface area contributed by atoms with Crippen molar-refractivity contribution in [1.29, 1.82) is 0 Å². The first-order chi connectivity index (χ1) is 16.0. The predicted octanol–water partition coefficient (Wildman–Crippen LogP) is 4.80. The number of hydrogen-bond acceptors (Lipinski definition) is 5. The summed E-state index contributed by atoms with van der Waals surface area (Å²) in [5, 5.41) is 12.0. The number of fused-ring (bicyclic) bond motifs is 1. The quantitative estimate of drug-likeness (QED) is 0.368. The number of amides is 2. The van der Waals surface area contributed by atoms with Crippen molar-refractivity contribution in [3.8, 4) is 0 Å². The molecule has 4 heterocycles. The van der Waals surface area contributed by atoms with Crippen LogP contribution in [0.25, 0.3) is 5.65 Å². The second-order valence-electron chi connectivity index (χ2n) is 7.21. The lowest BCUT2D eigenvalue weighted by molar-refractivity contribution is 0.101. The number of halogens is 1. The number of carbonyl (C=O) groups excluding carboxylic acids is 2. The summed E-state index contributed by atoms with van der Waals surface area (Å²) in [5.74, 6) is -0.622. The molecule has 2 amide bonds. The number of hydrogen-bond donors (Lipinski definition) is 2. The summed E-state index contributed by atoms with van der Waals surface area (Å²) in [6, 6.07) is 14.0. The number of benzene rings is 1. The lowest BCUT2D eigenvalue weighted by Gasteiger charge is -2.09. The number of pyridine rings is 1. The number of imidazole rings is 1. The monoisotopic (exact) mass is 476 g/mol. The topological polar surface area (TPSA) is 93.3 Å². The molecule has 0 bridgehead atoms. The lowest BCUT2D eigenvalue weighted by Crippen LogP contribution is -2.14. The number of aromatic nitrogens is 4. The van der Waals surface area contributed by atoms with Gasteiger partial charge in [-0.25, -0.2) is 4.98 Å². The summed E-state index contributed by atoms with van der Waals surface area (Å²) in [5.41, 5.74) is 2.98. The molecule has 0 aliphatic carbocycles. The van der Waals surface area contributed by atoms with Crippen molar-refractivity contribution in [3.05, 3.63) is 99.9 Å². The molecule has 0 aliphatic rings. The van der Waals surface area contributed by atoms with Crippen LogP contribution in [0, 0.1) is 0 Å². The summed E-state index contributed by atoms with van der Waals surface area (Å²) < 4.78 is 3.64. The van der Waals surface area contributed by atoms with E-state index < -0.39 is 0 Å². The van der Waals surface area contributed by atoms with E-state index in [0.717, 1.165) is 11.3 Å². The Morgan fingerprint density at radius 1 is 1.03 bits per heavy atom. The average molecular weight is 477 g/mol. The minimum atomic E-state index is -0.342. The van der Waals surface area contributed by atoms with E-state index >= 15 is 0 Å². The van der Waals surface area contributed by atoms with E-state index in [1.807, 2.05) is 40.4 Å². The Morgan fingerprint density at radius 3 is 2.76 bits per heavy atom. The number of nitrogens with one attached hydrogen (secondary N) is 2. The van der Waals surface area contributed by atoms with Crippen LogP contribution < -0.4 is 10.6 Å². The molecule has 0 saturated carbocycles. The highest BCUT2D eigenvalue weighted by Gasteiger charge is 2.14. The van der Waals surface area contributed by atoms with E-state index in [2.05, 4.69) is 20.7 Å². The maximum atomic E-state index is 12.8. The molecule has 8 nitrogen and oxygen atoms in total. The average Bonchev–Trinajstić information content (AvgIpc) is 3.56. The Hall–Kier alpha value is -3.95. The molecule has 5 rings (SSSR count). The fourth-order valence-electron chi connectivity index (χ4n) is 3.30. The van der Waals surface area contributed by atoms with Crippen molar-refractivity contribution in [3.63, 3.8) is 0 Å². The van der Waals surface area contributed by atoms with Crippen molar-refractivity contribution in [2.24, 2.45) is 0 Å². The van der Waals surface area contributed by atoms with Gasteiger partial charge < -0.3 is 15.0 Å². The summed E-state index contributed by atoms with van der Waals surface area (Å²) >= 11 is 7.53. The first-order valence-corrected chi connectivity index (χ1v) is 11.2. The molecule has 0 atom stereocenters. The van der Waals surface area contributed by atoms with Gasteiger partial charge in [-0.15, -0.1) is 11.3 Å². The van der Waals surface area contributed by atoms with Crippen molar-refractivity contribution in [1.82, 2.24) is 19.2 Å². The highest BCUT2D eigenvalue weighted by molar-refractivity contribution is 7.12. The fraction of sp³-hybridized carbons (Fsp3) is 0.0435. The molecular weight excluding hydrogens is 460 g/mol. The molecule has 0 unspecified atom stereocenters. The van der Waals surface area contributed by atoms with Crippen molar-refractivity contribution in [2.75, 3.05) is 10.6 Å². The Kier molecular flexibility index (Phi) is 5.64. The third-order valence-electron chi connectivity index (χ3n) is 4.85. The van der Waals surface area contributed by atoms with Gasteiger partial charge in [0.2, 0.25) is 0 Å². The van der Waals surface area contributed by atoms with Crippen LogP contribution >= 0.6 is 22.9 Å².